The molecule has 0 bridgehead atoms. The lowest BCUT2D eigenvalue weighted by Crippen LogP contribution is -1.99. The zero-order valence-corrected chi connectivity index (χ0v) is 7.71. The fraction of sp³-hybridized carbons (Fsp3) is 0.250. The Balaban J connectivity index is 3.05. The van der Waals surface area contributed by atoms with E-state index in [0.717, 1.165) is 0 Å². The van der Waals surface area contributed by atoms with E-state index in [2.05, 4.69) is 0 Å². The second-order valence-corrected chi connectivity index (χ2v) is 4.34. The summed E-state index contributed by atoms with van der Waals surface area (Å²) in [7, 11) is -1.34. The van der Waals surface area contributed by atoms with Crippen molar-refractivity contribution in [3.8, 4) is 5.75 Å². The van der Waals surface area contributed by atoms with Crippen molar-refractivity contribution in [3.63, 3.8) is 0 Å². The highest BCUT2D eigenvalue weighted by molar-refractivity contribution is 7.53. The molecule has 1 radical (unpaired) electrons. The zero-order chi connectivity index (χ0) is 9.14. The Morgan fingerprint density at radius 1 is 1.58 bits per heavy atom. The molecule has 0 heterocycles. The number of hydrogen-bond acceptors (Lipinski definition) is 3. The van der Waals surface area contributed by atoms with Crippen LogP contribution in [0.1, 0.15) is 6.92 Å². The molecule has 3 nitrogen and oxygen atoms in total. The molecule has 0 aromatic heterocycles. The summed E-state index contributed by atoms with van der Waals surface area (Å²) in [6, 6.07) is 4.65. The highest BCUT2D eigenvalue weighted by atomic mass is 31.1. The van der Waals surface area contributed by atoms with Crippen molar-refractivity contribution in [3.05, 3.63) is 18.2 Å². The summed E-state index contributed by atoms with van der Waals surface area (Å²) in [4.78, 5) is 0. The van der Waals surface area contributed by atoms with E-state index >= 15 is 0 Å². The molecule has 1 aromatic rings. The van der Waals surface area contributed by atoms with Gasteiger partial charge < -0.3 is 10.8 Å². The Kier molecular flexibility index (Phi) is 2.66. The summed E-state index contributed by atoms with van der Waals surface area (Å²) in [5, 5.41) is 9.78. The fourth-order valence-electron chi connectivity index (χ4n) is 0.880. The molecule has 12 heavy (non-hydrogen) atoms. The second kappa shape index (κ2) is 3.55. The minimum absolute atomic E-state index is 0.0400. The van der Waals surface area contributed by atoms with E-state index in [1.54, 1.807) is 12.1 Å². The molecule has 0 spiro atoms. The minimum Gasteiger partial charge on any atom is -0.506 e. The largest absolute Gasteiger partial charge is 0.506 e. The van der Waals surface area contributed by atoms with Crippen LogP contribution in [-0.2, 0) is 4.57 Å². The second-order valence-electron chi connectivity index (χ2n) is 2.44. The lowest BCUT2D eigenvalue weighted by Gasteiger charge is -2.01. The predicted octanol–water partition coefficient (Wildman–Crippen LogP) is 1.45. The quantitative estimate of drug-likeness (QED) is 0.415. The Hall–Kier alpha value is -1.08. The molecule has 1 unspecified atom stereocenters. The van der Waals surface area contributed by atoms with Crippen molar-refractivity contribution in [1.82, 2.24) is 0 Å². The number of nitrogen functional groups attached to an aromatic ring is 1. The molecular formula is C8H11NO2P. The van der Waals surface area contributed by atoms with Gasteiger partial charge in [-0.1, -0.05) is 6.92 Å². The highest BCUT2D eigenvalue weighted by Gasteiger charge is 2.03. The molecule has 3 N–H and O–H groups in total. The van der Waals surface area contributed by atoms with Gasteiger partial charge in [0, 0.05) is 11.5 Å². The SMILES string of the molecule is CC[P](=O)c1ccc(O)c(N)c1. The summed E-state index contributed by atoms with van der Waals surface area (Å²) in [5.74, 6) is 0.0400. The molecule has 0 saturated carbocycles. The average molecular weight is 184 g/mol. The maximum atomic E-state index is 11.3. The van der Waals surface area contributed by atoms with Crippen molar-refractivity contribution in [2.75, 3.05) is 11.9 Å². The monoisotopic (exact) mass is 184 g/mol. The standard InChI is InChI=1S/C8H11NO2P/c1-2-12(11)6-3-4-8(10)7(9)5-6/h3-5,10H,2,9H2,1H3. The molecule has 0 saturated heterocycles. The third-order valence-electron chi connectivity index (χ3n) is 1.59. The minimum atomic E-state index is -1.34. The zero-order valence-electron chi connectivity index (χ0n) is 6.82. The molecule has 0 fully saturated rings. The van der Waals surface area contributed by atoms with Gasteiger partial charge in [0.15, 0.2) is 0 Å². The Morgan fingerprint density at radius 2 is 2.25 bits per heavy atom. The molecule has 4 heteroatoms. The van der Waals surface area contributed by atoms with Crippen LogP contribution in [0.4, 0.5) is 5.69 Å². The van der Waals surface area contributed by atoms with Gasteiger partial charge in [-0.2, -0.15) is 0 Å². The van der Waals surface area contributed by atoms with Crippen LogP contribution in [0.3, 0.4) is 0 Å². The van der Waals surface area contributed by atoms with Crippen molar-refractivity contribution in [1.29, 1.82) is 0 Å². The maximum Gasteiger partial charge on any atom is 0.138 e. The highest BCUT2D eigenvalue weighted by Crippen LogP contribution is 2.24. The van der Waals surface area contributed by atoms with Crippen LogP contribution in [0.2, 0.25) is 0 Å². The molecule has 0 aliphatic rings. The third-order valence-corrected chi connectivity index (χ3v) is 3.01. The van der Waals surface area contributed by atoms with E-state index in [4.69, 9.17) is 10.8 Å². The van der Waals surface area contributed by atoms with Crippen LogP contribution in [0, 0.1) is 0 Å². The van der Waals surface area contributed by atoms with Crippen molar-refractivity contribution in [2.45, 2.75) is 6.92 Å². The first-order valence-corrected chi connectivity index (χ1v) is 5.12. The predicted molar refractivity (Wildman–Crippen MR) is 50.3 cm³/mol. The van der Waals surface area contributed by atoms with E-state index in [-0.39, 0.29) is 11.4 Å². The molecule has 1 atom stereocenters. The molecule has 0 amide bonds. The van der Waals surface area contributed by atoms with E-state index < -0.39 is 7.80 Å². The maximum absolute atomic E-state index is 11.3. The normalized spacial score (nSPS) is 11.2. The van der Waals surface area contributed by atoms with Crippen LogP contribution >= 0.6 is 7.80 Å². The first kappa shape index (κ1) is 9.01. The molecular weight excluding hydrogens is 173 g/mol. The number of hydrogen-bond donors (Lipinski definition) is 2. The van der Waals surface area contributed by atoms with Crippen LogP contribution in [0.15, 0.2) is 18.2 Å². The molecule has 0 aliphatic carbocycles. The van der Waals surface area contributed by atoms with E-state index in [9.17, 15) is 4.57 Å². The third kappa shape index (κ3) is 1.74. The smallest absolute Gasteiger partial charge is 0.138 e. The van der Waals surface area contributed by atoms with Gasteiger partial charge in [-0.15, -0.1) is 0 Å². The van der Waals surface area contributed by atoms with E-state index in [1.807, 2.05) is 6.92 Å². The van der Waals surface area contributed by atoms with E-state index in [1.165, 1.54) is 6.07 Å². The molecule has 1 rings (SSSR count). The fourth-order valence-corrected chi connectivity index (χ4v) is 1.77. The Labute approximate surface area is 72.0 Å². The van der Waals surface area contributed by atoms with Crippen molar-refractivity contribution < 1.29 is 9.67 Å². The lowest BCUT2D eigenvalue weighted by molar-refractivity contribution is 0.478. The molecule has 65 valence electrons. The summed E-state index contributed by atoms with van der Waals surface area (Å²) >= 11 is 0. The van der Waals surface area contributed by atoms with Crippen LogP contribution in [0.5, 0.6) is 5.75 Å². The van der Waals surface area contributed by atoms with Crippen molar-refractivity contribution in [2.24, 2.45) is 0 Å². The van der Waals surface area contributed by atoms with Gasteiger partial charge in [-0.3, -0.25) is 4.57 Å². The Bertz CT molecular complexity index is 312. The van der Waals surface area contributed by atoms with Gasteiger partial charge in [0.1, 0.15) is 13.6 Å². The van der Waals surface area contributed by atoms with Crippen LogP contribution < -0.4 is 11.0 Å². The number of anilines is 1. The Morgan fingerprint density at radius 3 is 2.75 bits per heavy atom. The van der Waals surface area contributed by atoms with E-state index in [0.29, 0.717) is 11.5 Å². The number of rotatable bonds is 2. The average Bonchev–Trinajstić information content (AvgIpc) is 2.08. The van der Waals surface area contributed by atoms with Crippen LogP contribution in [0.25, 0.3) is 0 Å². The van der Waals surface area contributed by atoms with Crippen LogP contribution in [-0.4, -0.2) is 11.3 Å². The number of nitrogens with two attached hydrogens (primary N) is 1. The van der Waals surface area contributed by atoms with Gasteiger partial charge in [-0.25, -0.2) is 0 Å². The molecule has 1 aromatic carbocycles. The number of phenolic OH excluding ortho intramolecular Hbond substituents is 1. The topological polar surface area (TPSA) is 63.3 Å². The first-order chi connectivity index (χ1) is 5.65. The summed E-state index contributed by atoms with van der Waals surface area (Å²) in [5.41, 5.74) is 5.72. The summed E-state index contributed by atoms with van der Waals surface area (Å²) in [6.07, 6.45) is 0.597. The van der Waals surface area contributed by atoms with Crippen molar-refractivity contribution >= 4 is 18.8 Å². The number of aromatic hydroxyl groups is 1. The first-order valence-electron chi connectivity index (χ1n) is 3.68. The summed E-state index contributed by atoms with van der Waals surface area (Å²) in [6.45, 7) is 1.85. The summed E-state index contributed by atoms with van der Waals surface area (Å²) < 4.78 is 11.3. The number of phenols is 1. The van der Waals surface area contributed by atoms with Gasteiger partial charge in [-0.05, 0) is 18.2 Å². The van der Waals surface area contributed by atoms with Gasteiger partial charge in [0.2, 0.25) is 0 Å². The van der Waals surface area contributed by atoms with Gasteiger partial charge >= 0.3 is 0 Å². The van der Waals surface area contributed by atoms with Gasteiger partial charge in [0.25, 0.3) is 0 Å². The number of benzene rings is 1. The van der Waals surface area contributed by atoms with Gasteiger partial charge in [0.05, 0.1) is 5.69 Å². The lowest BCUT2D eigenvalue weighted by atomic mass is 10.3. The molecule has 0 aliphatic heterocycles.